The van der Waals surface area contributed by atoms with E-state index in [1.54, 1.807) is 36.1 Å². The highest BCUT2D eigenvalue weighted by atomic mass is 32.2. The Balaban J connectivity index is 1.51. The maximum absolute atomic E-state index is 12.7. The molecule has 2 heterocycles. The average Bonchev–Trinajstić information content (AvgIpc) is 3.29. The molecule has 2 aromatic carbocycles. The monoisotopic (exact) mass is 491 g/mol. The molecule has 0 fully saturated rings. The van der Waals surface area contributed by atoms with Gasteiger partial charge in [-0.1, -0.05) is 12.1 Å². The molecule has 0 radical (unpaired) electrons. The number of nitrogens with one attached hydrogen (secondary N) is 1. The lowest BCUT2D eigenvalue weighted by Gasteiger charge is -2.14. The van der Waals surface area contributed by atoms with Gasteiger partial charge in [-0.3, -0.25) is 4.72 Å². The number of alkyl halides is 3. The van der Waals surface area contributed by atoms with Crippen LogP contribution in [0.15, 0.2) is 78.0 Å². The van der Waals surface area contributed by atoms with Crippen LogP contribution in [-0.2, 0) is 10.0 Å². The molecule has 2 aromatic heterocycles. The molecule has 0 saturated heterocycles. The SMILES string of the molecule is Cc1nc(Oc2ccc(NS(=O)(=O)c3ccccc3OC(F)(F)F)cc2)cc(-n2cccn2)n1. The Hall–Kier alpha value is -4.13. The zero-order valence-corrected chi connectivity index (χ0v) is 18.2. The second kappa shape index (κ2) is 9.02. The summed E-state index contributed by atoms with van der Waals surface area (Å²) in [6.45, 7) is 1.69. The Morgan fingerprint density at radius 1 is 1.00 bits per heavy atom. The van der Waals surface area contributed by atoms with Gasteiger partial charge in [0.05, 0.1) is 0 Å². The van der Waals surface area contributed by atoms with Crippen LogP contribution in [-0.4, -0.2) is 34.5 Å². The number of benzene rings is 2. The van der Waals surface area contributed by atoms with Crippen LogP contribution < -0.4 is 14.2 Å². The van der Waals surface area contributed by atoms with Gasteiger partial charge in [-0.25, -0.2) is 18.1 Å². The van der Waals surface area contributed by atoms with Crippen LogP contribution in [0.1, 0.15) is 5.82 Å². The van der Waals surface area contributed by atoms with Crippen molar-refractivity contribution in [1.82, 2.24) is 19.7 Å². The second-order valence-corrected chi connectivity index (χ2v) is 8.44. The summed E-state index contributed by atoms with van der Waals surface area (Å²) in [5, 5.41) is 4.11. The summed E-state index contributed by atoms with van der Waals surface area (Å²) < 4.78 is 76.5. The van der Waals surface area contributed by atoms with Crippen molar-refractivity contribution in [3.05, 3.63) is 78.9 Å². The Labute approximate surface area is 191 Å². The molecule has 9 nitrogen and oxygen atoms in total. The lowest BCUT2D eigenvalue weighted by molar-refractivity contribution is -0.275. The molecular formula is C21H16F3N5O4S. The van der Waals surface area contributed by atoms with E-state index in [0.29, 0.717) is 17.4 Å². The highest BCUT2D eigenvalue weighted by Gasteiger charge is 2.34. The predicted molar refractivity (Wildman–Crippen MR) is 114 cm³/mol. The summed E-state index contributed by atoms with van der Waals surface area (Å²) in [6.07, 6.45) is -1.73. The molecule has 4 rings (SSSR count). The molecule has 13 heteroatoms. The van der Waals surface area contributed by atoms with Crippen molar-refractivity contribution in [2.75, 3.05) is 4.72 Å². The number of sulfonamides is 1. The van der Waals surface area contributed by atoms with E-state index in [1.165, 1.54) is 36.4 Å². The van der Waals surface area contributed by atoms with Gasteiger partial charge in [0.15, 0.2) is 5.82 Å². The summed E-state index contributed by atoms with van der Waals surface area (Å²) in [6, 6.07) is 13.5. The van der Waals surface area contributed by atoms with Crippen LogP contribution in [0.25, 0.3) is 5.82 Å². The minimum atomic E-state index is -5.04. The number of anilines is 1. The van der Waals surface area contributed by atoms with E-state index < -0.39 is 27.0 Å². The van der Waals surface area contributed by atoms with Gasteiger partial charge >= 0.3 is 6.36 Å². The number of aryl methyl sites for hydroxylation is 1. The smallest absolute Gasteiger partial charge is 0.439 e. The molecule has 0 aliphatic heterocycles. The van der Waals surface area contributed by atoms with E-state index in [2.05, 4.69) is 24.5 Å². The van der Waals surface area contributed by atoms with Gasteiger partial charge in [0.1, 0.15) is 22.2 Å². The number of hydrogen-bond acceptors (Lipinski definition) is 7. The third kappa shape index (κ3) is 5.61. The van der Waals surface area contributed by atoms with E-state index in [1.807, 2.05) is 0 Å². The number of rotatable bonds is 7. The zero-order valence-electron chi connectivity index (χ0n) is 17.4. The van der Waals surface area contributed by atoms with Crippen molar-refractivity contribution in [2.45, 2.75) is 18.2 Å². The lowest BCUT2D eigenvalue weighted by Crippen LogP contribution is -2.20. The number of halogens is 3. The number of hydrogen-bond donors (Lipinski definition) is 1. The quantitative estimate of drug-likeness (QED) is 0.407. The third-order valence-electron chi connectivity index (χ3n) is 4.23. The molecule has 1 N–H and O–H groups in total. The molecule has 34 heavy (non-hydrogen) atoms. The van der Waals surface area contributed by atoms with E-state index in [4.69, 9.17) is 4.74 Å². The second-order valence-electron chi connectivity index (χ2n) is 6.79. The summed E-state index contributed by atoms with van der Waals surface area (Å²) in [7, 11) is -4.37. The Kier molecular flexibility index (Phi) is 6.11. The van der Waals surface area contributed by atoms with Crippen molar-refractivity contribution in [3.8, 4) is 23.2 Å². The van der Waals surface area contributed by atoms with Crippen molar-refractivity contribution in [2.24, 2.45) is 0 Å². The first kappa shape index (κ1) is 23.0. The number of ether oxygens (including phenoxy) is 2. The first-order chi connectivity index (χ1) is 16.1. The molecule has 0 unspecified atom stereocenters. The minimum Gasteiger partial charge on any atom is -0.439 e. The maximum atomic E-state index is 12.7. The molecule has 0 aliphatic rings. The van der Waals surface area contributed by atoms with Gasteiger partial charge in [0.2, 0.25) is 5.88 Å². The van der Waals surface area contributed by atoms with Crippen LogP contribution in [0.2, 0.25) is 0 Å². The van der Waals surface area contributed by atoms with Gasteiger partial charge in [-0.2, -0.15) is 10.1 Å². The molecule has 4 aromatic rings. The molecule has 0 atom stereocenters. The maximum Gasteiger partial charge on any atom is 0.573 e. The van der Waals surface area contributed by atoms with Gasteiger partial charge < -0.3 is 9.47 Å². The zero-order chi connectivity index (χ0) is 24.3. The standard InChI is InChI=1S/C21H16F3N5O4S/c1-14-26-19(29-12-4-11-25-29)13-20(27-14)32-16-9-7-15(8-10-16)28-34(30,31)18-6-3-2-5-17(18)33-21(22,23)24/h2-13,28H,1H3. The number of para-hydroxylation sites is 1. The average molecular weight is 491 g/mol. The summed E-state index contributed by atoms with van der Waals surface area (Å²) in [5.41, 5.74) is 0.102. The third-order valence-corrected chi connectivity index (χ3v) is 5.65. The minimum absolute atomic E-state index is 0.102. The first-order valence-corrected chi connectivity index (χ1v) is 11.1. The summed E-state index contributed by atoms with van der Waals surface area (Å²) in [5.74, 6) is 0.691. The Morgan fingerprint density at radius 3 is 2.41 bits per heavy atom. The number of aromatic nitrogens is 4. The topological polar surface area (TPSA) is 108 Å². The Morgan fingerprint density at radius 2 is 1.74 bits per heavy atom. The highest BCUT2D eigenvalue weighted by molar-refractivity contribution is 7.92. The predicted octanol–water partition coefficient (Wildman–Crippen LogP) is 4.46. The van der Waals surface area contributed by atoms with Crippen LogP contribution in [0.4, 0.5) is 18.9 Å². The number of nitrogens with zero attached hydrogens (tertiary/aromatic N) is 4. The van der Waals surface area contributed by atoms with E-state index in [-0.39, 0.29) is 11.6 Å². The van der Waals surface area contributed by atoms with Crippen molar-refractivity contribution >= 4 is 15.7 Å². The van der Waals surface area contributed by atoms with Crippen LogP contribution in [0.5, 0.6) is 17.4 Å². The van der Waals surface area contributed by atoms with Gasteiger partial charge in [-0.05, 0) is 49.4 Å². The normalized spacial score (nSPS) is 11.8. The van der Waals surface area contributed by atoms with Crippen molar-refractivity contribution in [1.29, 1.82) is 0 Å². The molecule has 0 spiro atoms. The van der Waals surface area contributed by atoms with Crippen molar-refractivity contribution in [3.63, 3.8) is 0 Å². The molecule has 0 bridgehead atoms. The molecular weight excluding hydrogens is 475 g/mol. The van der Waals surface area contributed by atoms with E-state index in [9.17, 15) is 21.6 Å². The largest absolute Gasteiger partial charge is 0.573 e. The van der Waals surface area contributed by atoms with Crippen LogP contribution >= 0.6 is 0 Å². The highest BCUT2D eigenvalue weighted by Crippen LogP contribution is 2.31. The van der Waals surface area contributed by atoms with E-state index >= 15 is 0 Å². The molecule has 0 aliphatic carbocycles. The first-order valence-electron chi connectivity index (χ1n) is 9.60. The molecule has 0 amide bonds. The lowest BCUT2D eigenvalue weighted by atomic mass is 10.3. The van der Waals surface area contributed by atoms with E-state index in [0.717, 1.165) is 12.1 Å². The summed E-state index contributed by atoms with van der Waals surface area (Å²) in [4.78, 5) is 7.83. The Bertz CT molecular complexity index is 1390. The van der Waals surface area contributed by atoms with Crippen LogP contribution in [0, 0.1) is 6.92 Å². The van der Waals surface area contributed by atoms with Crippen LogP contribution in [0.3, 0.4) is 0 Å². The van der Waals surface area contributed by atoms with Gasteiger partial charge in [0.25, 0.3) is 10.0 Å². The van der Waals surface area contributed by atoms with Gasteiger partial charge in [0, 0.05) is 24.1 Å². The molecule has 176 valence electrons. The fraction of sp³-hybridized carbons (Fsp3) is 0.0952. The fourth-order valence-electron chi connectivity index (χ4n) is 2.90. The van der Waals surface area contributed by atoms with Gasteiger partial charge in [-0.15, -0.1) is 13.2 Å². The van der Waals surface area contributed by atoms with Crippen molar-refractivity contribution < 1.29 is 31.1 Å². The summed E-state index contributed by atoms with van der Waals surface area (Å²) >= 11 is 0. The molecule has 0 saturated carbocycles. The fourth-order valence-corrected chi connectivity index (χ4v) is 4.09.